The number of anilines is 1. The predicted octanol–water partition coefficient (Wildman–Crippen LogP) is 5.28. The first-order valence-electron chi connectivity index (χ1n) is 9.63. The van der Waals surface area contributed by atoms with Crippen molar-refractivity contribution in [2.75, 3.05) is 31.7 Å². The van der Waals surface area contributed by atoms with Crippen LogP contribution in [-0.4, -0.2) is 41.2 Å². The summed E-state index contributed by atoms with van der Waals surface area (Å²) in [6.07, 6.45) is -9.63. The Balaban J connectivity index is 2.76. The van der Waals surface area contributed by atoms with Crippen molar-refractivity contribution < 1.29 is 44.4 Å². The third kappa shape index (κ3) is 9.05. The minimum Gasteiger partial charge on any atom is -0.374 e. The van der Waals surface area contributed by atoms with Gasteiger partial charge in [-0.05, 0) is 45.4 Å². The van der Waals surface area contributed by atoms with Gasteiger partial charge in [0.25, 0.3) is 0 Å². The molecule has 0 fully saturated rings. The third-order valence-electron chi connectivity index (χ3n) is 3.88. The molecule has 2 amide bonds. The fourth-order valence-electron chi connectivity index (χ4n) is 2.71. The maximum atomic E-state index is 12.9. The van der Waals surface area contributed by atoms with E-state index in [1.165, 1.54) is 0 Å². The first-order valence-corrected chi connectivity index (χ1v) is 11.6. The first-order chi connectivity index (χ1) is 14.4. The summed E-state index contributed by atoms with van der Waals surface area (Å²) in [4.78, 5) is 12.0. The Morgan fingerprint density at radius 3 is 1.71 bits per heavy atom. The number of carbonyl (C=O) groups excluding carboxylic acids is 1. The van der Waals surface area contributed by atoms with Gasteiger partial charge in [-0.2, -0.15) is 26.3 Å². The van der Waals surface area contributed by atoms with E-state index in [4.69, 9.17) is 13.3 Å². The van der Waals surface area contributed by atoms with Crippen LogP contribution in [0.25, 0.3) is 0 Å². The standard InChI is InChI=1S/C18H26F6N2O4Si/c1-4-28-31(29-5-2,30-6-3)9-7-8-25-16(27)26-15-11-13(17(19,20)21)10-14(12-15)18(22,23)24/h10-12H,4-9H2,1-3H3,(H2,25,26,27). The summed E-state index contributed by atoms with van der Waals surface area (Å²) in [5.41, 5.74) is -3.65. The highest BCUT2D eigenvalue weighted by atomic mass is 28.4. The minimum absolute atomic E-state index is 0.0114. The second kappa shape index (κ2) is 11.7. The van der Waals surface area contributed by atoms with Crippen LogP contribution in [0.3, 0.4) is 0 Å². The lowest BCUT2D eigenvalue weighted by Crippen LogP contribution is -2.46. The number of rotatable bonds is 11. The van der Waals surface area contributed by atoms with E-state index in [2.05, 4.69) is 5.32 Å². The molecule has 1 aromatic carbocycles. The lowest BCUT2D eigenvalue weighted by atomic mass is 10.1. The summed E-state index contributed by atoms with van der Waals surface area (Å²) in [5.74, 6) is 0. The topological polar surface area (TPSA) is 68.8 Å². The highest BCUT2D eigenvalue weighted by molar-refractivity contribution is 6.60. The molecule has 0 saturated heterocycles. The molecule has 2 N–H and O–H groups in total. The molecule has 0 atom stereocenters. The molecule has 0 saturated carbocycles. The van der Waals surface area contributed by atoms with E-state index in [1.807, 2.05) is 5.32 Å². The molecule has 0 bridgehead atoms. The quantitative estimate of drug-likeness (QED) is 0.259. The largest absolute Gasteiger partial charge is 0.500 e. The van der Waals surface area contributed by atoms with Gasteiger partial charge in [-0.25, -0.2) is 4.79 Å². The van der Waals surface area contributed by atoms with Crippen LogP contribution in [0.4, 0.5) is 36.8 Å². The van der Waals surface area contributed by atoms with Crippen molar-refractivity contribution in [3.8, 4) is 0 Å². The lowest BCUT2D eigenvalue weighted by Gasteiger charge is -2.28. The average Bonchev–Trinajstić information content (AvgIpc) is 2.64. The maximum absolute atomic E-state index is 12.9. The highest BCUT2D eigenvalue weighted by Gasteiger charge is 2.40. The fourth-order valence-corrected chi connectivity index (χ4v) is 5.32. The molecule has 13 heteroatoms. The van der Waals surface area contributed by atoms with Gasteiger partial charge in [-0.3, -0.25) is 0 Å². The van der Waals surface area contributed by atoms with Gasteiger partial charge < -0.3 is 23.9 Å². The summed E-state index contributed by atoms with van der Waals surface area (Å²) < 4.78 is 94.3. The number of amides is 2. The van der Waals surface area contributed by atoms with Gasteiger partial charge >= 0.3 is 27.2 Å². The van der Waals surface area contributed by atoms with Gasteiger partial charge in [0.1, 0.15) is 0 Å². The van der Waals surface area contributed by atoms with Crippen LogP contribution in [0.1, 0.15) is 38.3 Å². The number of halogens is 6. The number of alkyl halides is 6. The van der Waals surface area contributed by atoms with E-state index in [0.717, 1.165) is 0 Å². The van der Waals surface area contributed by atoms with Gasteiger partial charge in [0.15, 0.2) is 0 Å². The van der Waals surface area contributed by atoms with Crippen molar-refractivity contribution in [1.29, 1.82) is 0 Å². The summed E-state index contributed by atoms with van der Waals surface area (Å²) >= 11 is 0. The Labute approximate surface area is 177 Å². The zero-order valence-corrected chi connectivity index (χ0v) is 18.4. The zero-order valence-electron chi connectivity index (χ0n) is 17.4. The van der Waals surface area contributed by atoms with Gasteiger partial charge in [0.05, 0.1) is 11.1 Å². The lowest BCUT2D eigenvalue weighted by molar-refractivity contribution is -0.143. The van der Waals surface area contributed by atoms with Crippen LogP contribution in [0.15, 0.2) is 18.2 Å². The van der Waals surface area contributed by atoms with Gasteiger partial charge in [0, 0.05) is 38.1 Å². The Morgan fingerprint density at radius 2 is 1.32 bits per heavy atom. The Bertz CT molecular complexity index is 666. The van der Waals surface area contributed by atoms with E-state index < -0.39 is 44.0 Å². The highest BCUT2D eigenvalue weighted by Crippen LogP contribution is 2.37. The van der Waals surface area contributed by atoms with E-state index in [-0.39, 0.29) is 12.6 Å². The molecule has 0 heterocycles. The van der Waals surface area contributed by atoms with Crippen molar-refractivity contribution in [2.45, 2.75) is 45.6 Å². The molecular formula is C18H26F6N2O4Si. The fraction of sp³-hybridized carbons (Fsp3) is 0.611. The van der Waals surface area contributed by atoms with Crippen LogP contribution >= 0.6 is 0 Å². The number of benzene rings is 1. The van der Waals surface area contributed by atoms with Crippen molar-refractivity contribution >= 4 is 20.5 Å². The predicted molar refractivity (Wildman–Crippen MR) is 104 cm³/mol. The van der Waals surface area contributed by atoms with Crippen LogP contribution in [0.5, 0.6) is 0 Å². The third-order valence-corrected chi connectivity index (χ3v) is 7.04. The molecule has 1 aromatic rings. The zero-order chi connectivity index (χ0) is 23.7. The molecule has 178 valence electrons. The Morgan fingerprint density at radius 1 is 0.871 bits per heavy atom. The minimum atomic E-state index is -5.00. The van der Waals surface area contributed by atoms with E-state index in [9.17, 15) is 31.1 Å². The molecule has 0 aliphatic heterocycles. The smallest absolute Gasteiger partial charge is 0.374 e. The number of hydrogen-bond donors (Lipinski definition) is 2. The first kappa shape index (κ1) is 27.2. The SMILES string of the molecule is CCO[Si](CCCNC(=O)Nc1cc(C(F)(F)F)cc(C(F)(F)F)c1)(OCC)OCC. The van der Waals surface area contributed by atoms with Crippen LogP contribution < -0.4 is 10.6 Å². The van der Waals surface area contributed by atoms with Crippen LogP contribution in [0, 0.1) is 0 Å². The summed E-state index contributed by atoms with van der Waals surface area (Å²) in [6, 6.07) is 0.300. The summed E-state index contributed by atoms with van der Waals surface area (Å²) in [5, 5.41) is 4.40. The number of nitrogens with one attached hydrogen (secondary N) is 2. The van der Waals surface area contributed by atoms with Gasteiger partial charge in [-0.1, -0.05) is 0 Å². The summed E-state index contributed by atoms with van der Waals surface area (Å²) in [7, 11) is -2.92. The second-order valence-electron chi connectivity index (χ2n) is 6.26. The Kier molecular flexibility index (Phi) is 10.3. The summed E-state index contributed by atoms with van der Waals surface area (Å²) in [6.45, 7) is 6.56. The maximum Gasteiger partial charge on any atom is 0.500 e. The molecule has 1 rings (SSSR count). The molecule has 0 spiro atoms. The molecule has 0 unspecified atom stereocenters. The molecule has 0 aliphatic rings. The van der Waals surface area contributed by atoms with E-state index in [0.29, 0.717) is 44.4 Å². The monoisotopic (exact) mass is 476 g/mol. The normalized spacial score (nSPS) is 12.7. The van der Waals surface area contributed by atoms with Crippen molar-refractivity contribution in [3.05, 3.63) is 29.3 Å². The second-order valence-corrected chi connectivity index (χ2v) is 8.99. The molecular weight excluding hydrogens is 450 g/mol. The Hall–Kier alpha value is -1.83. The van der Waals surface area contributed by atoms with Crippen LogP contribution in [-0.2, 0) is 25.6 Å². The van der Waals surface area contributed by atoms with Crippen LogP contribution in [0.2, 0.25) is 6.04 Å². The average molecular weight is 476 g/mol. The van der Waals surface area contributed by atoms with Gasteiger partial charge in [0.2, 0.25) is 0 Å². The van der Waals surface area contributed by atoms with Gasteiger partial charge in [-0.15, -0.1) is 0 Å². The molecule has 6 nitrogen and oxygen atoms in total. The molecule has 31 heavy (non-hydrogen) atoms. The van der Waals surface area contributed by atoms with Crippen molar-refractivity contribution in [1.82, 2.24) is 5.32 Å². The molecule has 0 aromatic heterocycles. The number of hydrogen-bond acceptors (Lipinski definition) is 4. The van der Waals surface area contributed by atoms with Crippen molar-refractivity contribution in [3.63, 3.8) is 0 Å². The molecule has 0 aliphatic carbocycles. The molecule has 0 radical (unpaired) electrons. The number of urea groups is 1. The van der Waals surface area contributed by atoms with Crippen molar-refractivity contribution in [2.24, 2.45) is 0 Å². The number of carbonyl (C=O) groups is 1. The van der Waals surface area contributed by atoms with E-state index >= 15 is 0 Å². The van der Waals surface area contributed by atoms with E-state index in [1.54, 1.807) is 20.8 Å².